The van der Waals surface area contributed by atoms with Gasteiger partial charge in [0.05, 0.1) is 10.7 Å². The summed E-state index contributed by atoms with van der Waals surface area (Å²) in [5.74, 6) is 0. The van der Waals surface area contributed by atoms with Crippen LogP contribution in [0.15, 0.2) is 28.7 Å². The van der Waals surface area contributed by atoms with Gasteiger partial charge in [-0.3, -0.25) is 0 Å². The minimum atomic E-state index is 0.125. The standard InChI is InChI=1S/C14H16BrNS/c1-9-12(10-6-5-7-11(15)8-10)16-13(17-9)14(2,3)4/h5-8H,1-4H3. The Kier molecular flexibility index (Phi) is 3.41. The Morgan fingerprint density at radius 3 is 2.47 bits per heavy atom. The number of rotatable bonds is 1. The highest BCUT2D eigenvalue weighted by Gasteiger charge is 2.20. The van der Waals surface area contributed by atoms with Gasteiger partial charge in [0.1, 0.15) is 0 Å². The van der Waals surface area contributed by atoms with E-state index in [9.17, 15) is 0 Å². The quantitative estimate of drug-likeness (QED) is 0.707. The van der Waals surface area contributed by atoms with E-state index in [2.05, 4.69) is 61.8 Å². The maximum atomic E-state index is 4.79. The number of aryl methyl sites for hydroxylation is 1. The fourth-order valence-electron chi connectivity index (χ4n) is 1.62. The summed E-state index contributed by atoms with van der Waals surface area (Å²) in [7, 11) is 0. The molecular weight excluding hydrogens is 294 g/mol. The summed E-state index contributed by atoms with van der Waals surface area (Å²) in [6.07, 6.45) is 0. The topological polar surface area (TPSA) is 12.9 Å². The molecule has 0 radical (unpaired) electrons. The first-order valence-electron chi connectivity index (χ1n) is 5.62. The molecule has 0 fully saturated rings. The summed E-state index contributed by atoms with van der Waals surface area (Å²) in [6, 6.07) is 8.32. The molecule has 0 bridgehead atoms. The van der Waals surface area contributed by atoms with E-state index in [0.29, 0.717) is 0 Å². The van der Waals surface area contributed by atoms with Gasteiger partial charge in [0.15, 0.2) is 0 Å². The molecule has 2 aromatic rings. The van der Waals surface area contributed by atoms with Crippen molar-refractivity contribution in [2.75, 3.05) is 0 Å². The highest BCUT2D eigenvalue weighted by atomic mass is 79.9. The third-order valence-corrected chi connectivity index (χ3v) is 4.43. The van der Waals surface area contributed by atoms with Gasteiger partial charge in [-0.05, 0) is 19.1 Å². The minimum Gasteiger partial charge on any atom is -0.240 e. The van der Waals surface area contributed by atoms with Crippen LogP contribution in [0.2, 0.25) is 0 Å². The first kappa shape index (κ1) is 12.8. The highest BCUT2D eigenvalue weighted by molar-refractivity contribution is 9.10. The summed E-state index contributed by atoms with van der Waals surface area (Å²) in [6.45, 7) is 8.75. The third kappa shape index (κ3) is 2.78. The fraction of sp³-hybridized carbons (Fsp3) is 0.357. The summed E-state index contributed by atoms with van der Waals surface area (Å²) in [5.41, 5.74) is 2.42. The van der Waals surface area contributed by atoms with E-state index in [-0.39, 0.29) is 5.41 Å². The number of benzene rings is 1. The fourth-order valence-corrected chi connectivity index (χ4v) is 3.01. The average molecular weight is 310 g/mol. The molecule has 3 heteroatoms. The maximum absolute atomic E-state index is 4.79. The van der Waals surface area contributed by atoms with Gasteiger partial charge in [-0.25, -0.2) is 4.98 Å². The predicted molar refractivity (Wildman–Crippen MR) is 78.7 cm³/mol. The molecule has 1 aromatic heterocycles. The molecule has 0 spiro atoms. The second-order valence-corrected chi connectivity index (χ2v) is 7.30. The summed E-state index contributed by atoms with van der Waals surface area (Å²) in [5, 5.41) is 1.20. The number of hydrogen-bond donors (Lipinski definition) is 0. The molecule has 0 amide bonds. The monoisotopic (exact) mass is 309 g/mol. The van der Waals surface area contributed by atoms with Gasteiger partial charge in [-0.2, -0.15) is 0 Å². The molecule has 0 unspecified atom stereocenters. The van der Waals surface area contributed by atoms with Gasteiger partial charge >= 0.3 is 0 Å². The molecule has 1 heterocycles. The third-order valence-electron chi connectivity index (χ3n) is 2.54. The number of thiazole rings is 1. The molecular formula is C14H16BrNS. The van der Waals surface area contributed by atoms with Gasteiger partial charge in [0, 0.05) is 20.3 Å². The van der Waals surface area contributed by atoms with Crippen molar-refractivity contribution in [1.29, 1.82) is 0 Å². The van der Waals surface area contributed by atoms with Crippen molar-refractivity contribution < 1.29 is 0 Å². The van der Waals surface area contributed by atoms with Crippen LogP contribution in [0.4, 0.5) is 0 Å². The van der Waals surface area contributed by atoms with E-state index in [1.165, 1.54) is 15.4 Å². The Labute approximate surface area is 115 Å². The maximum Gasteiger partial charge on any atom is 0.0988 e. The van der Waals surface area contributed by atoms with Crippen LogP contribution in [-0.4, -0.2) is 4.98 Å². The number of aromatic nitrogens is 1. The van der Waals surface area contributed by atoms with Crippen molar-refractivity contribution in [3.8, 4) is 11.3 Å². The lowest BCUT2D eigenvalue weighted by atomic mass is 9.98. The largest absolute Gasteiger partial charge is 0.240 e. The Morgan fingerprint density at radius 2 is 1.94 bits per heavy atom. The van der Waals surface area contributed by atoms with Crippen LogP contribution in [0.25, 0.3) is 11.3 Å². The van der Waals surface area contributed by atoms with Gasteiger partial charge < -0.3 is 0 Å². The summed E-state index contributed by atoms with van der Waals surface area (Å²) < 4.78 is 1.10. The molecule has 90 valence electrons. The van der Waals surface area contributed by atoms with Crippen molar-refractivity contribution in [3.05, 3.63) is 38.6 Å². The van der Waals surface area contributed by atoms with Crippen LogP contribution in [0.1, 0.15) is 30.7 Å². The van der Waals surface area contributed by atoms with E-state index in [1.807, 2.05) is 6.07 Å². The summed E-state index contributed by atoms with van der Waals surface area (Å²) in [4.78, 5) is 6.08. The molecule has 0 atom stereocenters. The van der Waals surface area contributed by atoms with E-state index >= 15 is 0 Å². The van der Waals surface area contributed by atoms with Crippen molar-refractivity contribution in [2.45, 2.75) is 33.1 Å². The van der Waals surface area contributed by atoms with E-state index in [0.717, 1.165) is 10.2 Å². The van der Waals surface area contributed by atoms with Gasteiger partial charge in [0.25, 0.3) is 0 Å². The normalized spacial score (nSPS) is 11.8. The lowest BCUT2D eigenvalue weighted by Crippen LogP contribution is -2.10. The predicted octanol–water partition coefficient (Wildman–Crippen LogP) is 5.18. The first-order chi connectivity index (χ1) is 7.88. The molecule has 0 N–H and O–H groups in total. The smallest absolute Gasteiger partial charge is 0.0988 e. The summed E-state index contributed by atoms with van der Waals surface area (Å²) >= 11 is 5.30. The van der Waals surface area contributed by atoms with E-state index in [1.54, 1.807) is 11.3 Å². The van der Waals surface area contributed by atoms with Gasteiger partial charge in [-0.1, -0.05) is 48.8 Å². The van der Waals surface area contributed by atoms with Crippen LogP contribution in [0.3, 0.4) is 0 Å². The van der Waals surface area contributed by atoms with Crippen LogP contribution in [-0.2, 0) is 5.41 Å². The molecule has 2 rings (SSSR count). The minimum absolute atomic E-state index is 0.125. The van der Waals surface area contributed by atoms with Gasteiger partial charge in [0.2, 0.25) is 0 Å². The average Bonchev–Trinajstić information content (AvgIpc) is 2.60. The Morgan fingerprint density at radius 1 is 1.24 bits per heavy atom. The van der Waals surface area contributed by atoms with Crippen molar-refractivity contribution >= 4 is 27.3 Å². The van der Waals surface area contributed by atoms with Crippen LogP contribution >= 0.6 is 27.3 Å². The van der Waals surface area contributed by atoms with Crippen molar-refractivity contribution in [1.82, 2.24) is 4.98 Å². The molecule has 1 nitrogen and oxygen atoms in total. The zero-order chi connectivity index (χ0) is 12.6. The second kappa shape index (κ2) is 4.54. The lowest BCUT2D eigenvalue weighted by Gasteiger charge is -2.13. The van der Waals surface area contributed by atoms with Crippen molar-refractivity contribution in [3.63, 3.8) is 0 Å². The van der Waals surface area contributed by atoms with Crippen LogP contribution < -0.4 is 0 Å². The molecule has 0 saturated carbocycles. The van der Waals surface area contributed by atoms with E-state index < -0.39 is 0 Å². The highest BCUT2D eigenvalue weighted by Crippen LogP contribution is 2.34. The molecule has 0 saturated heterocycles. The number of nitrogens with zero attached hydrogens (tertiary/aromatic N) is 1. The Hall–Kier alpha value is -0.670. The number of halogens is 1. The SMILES string of the molecule is Cc1sc(C(C)(C)C)nc1-c1cccc(Br)c1. The number of hydrogen-bond acceptors (Lipinski definition) is 2. The first-order valence-corrected chi connectivity index (χ1v) is 7.23. The van der Waals surface area contributed by atoms with Crippen LogP contribution in [0, 0.1) is 6.92 Å². The van der Waals surface area contributed by atoms with Crippen LogP contribution in [0.5, 0.6) is 0 Å². The molecule has 1 aromatic carbocycles. The zero-order valence-corrected chi connectivity index (χ0v) is 12.9. The Bertz CT molecular complexity index is 537. The van der Waals surface area contributed by atoms with Crippen molar-refractivity contribution in [2.24, 2.45) is 0 Å². The molecule has 0 aliphatic heterocycles. The lowest BCUT2D eigenvalue weighted by molar-refractivity contribution is 0.586. The van der Waals surface area contributed by atoms with Gasteiger partial charge in [-0.15, -0.1) is 11.3 Å². The van der Waals surface area contributed by atoms with E-state index in [4.69, 9.17) is 4.98 Å². The molecule has 17 heavy (non-hydrogen) atoms. The zero-order valence-electron chi connectivity index (χ0n) is 10.5. The molecule has 0 aliphatic rings. The molecule has 0 aliphatic carbocycles. The Balaban J connectivity index is 2.50. The second-order valence-electron chi connectivity index (χ2n) is 5.18.